The fraction of sp³-hybridized carbons (Fsp3) is 0.316. The van der Waals surface area contributed by atoms with Crippen molar-refractivity contribution in [3.8, 4) is 11.5 Å². The molecule has 3 rings (SSSR count). The highest BCUT2D eigenvalue weighted by molar-refractivity contribution is 5.97. The number of phenols is 2. The molecule has 1 aliphatic rings. The highest BCUT2D eigenvalue weighted by atomic mass is 16.5. The lowest BCUT2D eigenvalue weighted by atomic mass is 10.0. The standard InChI is InChI=1S/C19H21NO4/c1-2-13-6-7-17(22)16(10-13)19(23)20-8-9-24-18(12-20)14-4-3-5-15(21)11-14/h3-7,10-11,18,21-22H,2,8-9,12H2,1H3. The molecule has 1 fully saturated rings. The van der Waals surface area contributed by atoms with Crippen molar-refractivity contribution in [1.82, 2.24) is 4.90 Å². The molecule has 2 aromatic rings. The van der Waals surface area contributed by atoms with Gasteiger partial charge >= 0.3 is 0 Å². The number of aryl methyl sites for hydroxylation is 1. The summed E-state index contributed by atoms with van der Waals surface area (Å²) in [6.07, 6.45) is 0.515. The van der Waals surface area contributed by atoms with Crippen molar-refractivity contribution < 1.29 is 19.7 Å². The zero-order valence-electron chi connectivity index (χ0n) is 13.6. The second kappa shape index (κ2) is 6.93. The zero-order chi connectivity index (χ0) is 17.1. The molecule has 2 N–H and O–H groups in total. The molecule has 5 nitrogen and oxygen atoms in total. The summed E-state index contributed by atoms with van der Waals surface area (Å²) in [5.74, 6) is -0.0262. The van der Waals surface area contributed by atoms with Crippen LogP contribution in [0.4, 0.5) is 0 Å². The Hall–Kier alpha value is -2.53. The molecule has 1 aliphatic heterocycles. The molecule has 0 aromatic heterocycles. The lowest BCUT2D eigenvalue weighted by Crippen LogP contribution is -2.42. The summed E-state index contributed by atoms with van der Waals surface area (Å²) in [4.78, 5) is 14.5. The average molecular weight is 327 g/mol. The van der Waals surface area contributed by atoms with Crippen LogP contribution in [0.1, 0.15) is 34.5 Å². The van der Waals surface area contributed by atoms with Gasteiger partial charge in [-0.2, -0.15) is 0 Å². The second-order valence-corrected chi connectivity index (χ2v) is 5.91. The number of carbonyl (C=O) groups excluding carboxylic acids is 1. The van der Waals surface area contributed by atoms with Crippen molar-refractivity contribution >= 4 is 5.91 Å². The average Bonchev–Trinajstić information content (AvgIpc) is 2.62. The summed E-state index contributed by atoms with van der Waals surface area (Å²) in [6, 6.07) is 12.0. The molecule has 5 heteroatoms. The Labute approximate surface area is 141 Å². The minimum absolute atomic E-state index is 0.00222. The van der Waals surface area contributed by atoms with Crippen LogP contribution in [0.25, 0.3) is 0 Å². The summed E-state index contributed by atoms with van der Waals surface area (Å²) in [7, 11) is 0. The number of carbonyl (C=O) groups is 1. The topological polar surface area (TPSA) is 70.0 Å². The highest BCUT2D eigenvalue weighted by Gasteiger charge is 2.27. The van der Waals surface area contributed by atoms with Crippen molar-refractivity contribution in [3.05, 3.63) is 59.2 Å². The van der Waals surface area contributed by atoms with Crippen LogP contribution in [0.5, 0.6) is 11.5 Å². The second-order valence-electron chi connectivity index (χ2n) is 5.91. The van der Waals surface area contributed by atoms with Crippen molar-refractivity contribution in [2.24, 2.45) is 0 Å². The van der Waals surface area contributed by atoms with Crippen molar-refractivity contribution in [3.63, 3.8) is 0 Å². The fourth-order valence-electron chi connectivity index (χ4n) is 2.91. The van der Waals surface area contributed by atoms with Gasteiger partial charge in [-0.25, -0.2) is 0 Å². The van der Waals surface area contributed by atoms with Crippen LogP contribution >= 0.6 is 0 Å². The number of hydrogen-bond acceptors (Lipinski definition) is 4. The van der Waals surface area contributed by atoms with Gasteiger partial charge in [0.2, 0.25) is 0 Å². The molecular weight excluding hydrogens is 306 g/mol. The van der Waals surface area contributed by atoms with Gasteiger partial charge in [-0.05, 0) is 41.8 Å². The van der Waals surface area contributed by atoms with Crippen LogP contribution in [-0.2, 0) is 11.2 Å². The minimum atomic E-state index is -0.286. The fourth-order valence-corrected chi connectivity index (χ4v) is 2.91. The van der Waals surface area contributed by atoms with Gasteiger partial charge in [-0.3, -0.25) is 4.79 Å². The number of amides is 1. The van der Waals surface area contributed by atoms with Gasteiger partial charge in [0.15, 0.2) is 0 Å². The molecule has 1 amide bonds. The highest BCUT2D eigenvalue weighted by Crippen LogP contribution is 2.27. The monoisotopic (exact) mass is 327 g/mol. The summed E-state index contributed by atoms with van der Waals surface area (Å²) < 4.78 is 5.74. The lowest BCUT2D eigenvalue weighted by Gasteiger charge is -2.33. The van der Waals surface area contributed by atoms with E-state index < -0.39 is 0 Å². The molecule has 0 spiro atoms. The normalized spacial score (nSPS) is 17.7. The molecule has 1 unspecified atom stereocenters. The Morgan fingerprint density at radius 2 is 2.08 bits per heavy atom. The van der Waals surface area contributed by atoms with E-state index in [0.29, 0.717) is 25.3 Å². The predicted octanol–water partition coefficient (Wildman–Crippen LogP) is 2.87. The maximum Gasteiger partial charge on any atom is 0.257 e. The summed E-state index contributed by atoms with van der Waals surface area (Å²) >= 11 is 0. The first-order chi connectivity index (χ1) is 11.6. The zero-order valence-corrected chi connectivity index (χ0v) is 13.6. The molecule has 0 bridgehead atoms. The lowest BCUT2D eigenvalue weighted by molar-refractivity contribution is -0.0229. The van der Waals surface area contributed by atoms with E-state index in [-0.39, 0.29) is 23.5 Å². The molecule has 24 heavy (non-hydrogen) atoms. The van der Waals surface area contributed by atoms with Gasteiger partial charge in [0.1, 0.15) is 17.6 Å². The van der Waals surface area contributed by atoms with Gasteiger partial charge in [0.05, 0.1) is 18.7 Å². The van der Waals surface area contributed by atoms with Crippen LogP contribution < -0.4 is 0 Å². The van der Waals surface area contributed by atoms with Gasteiger partial charge in [0.25, 0.3) is 5.91 Å². The third kappa shape index (κ3) is 3.36. The number of hydrogen-bond donors (Lipinski definition) is 2. The number of aromatic hydroxyl groups is 2. The molecule has 0 aliphatic carbocycles. The first-order valence-corrected chi connectivity index (χ1v) is 8.10. The van der Waals surface area contributed by atoms with Crippen molar-refractivity contribution in [2.45, 2.75) is 19.4 Å². The van der Waals surface area contributed by atoms with Crippen LogP contribution in [-0.4, -0.2) is 40.7 Å². The van der Waals surface area contributed by atoms with E-state index in [2.05, 4.69) is 0 Å². The summed E-state index contributed by atoms with van der Waals surface area (Å²) in [5.41, 5.74) is 2.17. The third-order valence-corrected chi connectivity index (χ3v) is 4.30. The molecule has 126 valence electrons. The van der Waals surface area contributed by atoms with E-state index in [4.69, 9.17) is 4.74 Å². The Balaban J connectivity index is 1.80. The van der Waals surface area contributed by atoms with Crippen LogP contribution in [0.15, 0.2) is 42.5 Å². The van der Waals surface area contributed by atoms with E-state index >= 15 is 0 Å². The van der Waals surface area contributed by atoms with Gasteiger partial charge in [-0.15, -0.1) is 0 Å². The molecule has 2 aromatic carbocycles. The Morgan fingerprint density at radius 1 is 1.25 bits per heavy atom. The number of nitrogens with zero attached hydrogens (tertiary/aromatic N) is 1. The third-order valence-electron chi connectivity index (χ3n) is 4.30. The van der Waals surface area contributed by atoms with E-state index in [9.17, 15) is 15.0 Å². The molecule has 0 radical (unpaired) electrons. The molecular formula is C19H21NO4. The van der Waals surface area contributed by atoms with Crippen molar-refractivity contribution in [2.75, 3.05) is 19.7 Å². The number of phenolic OH excluding ortho intramolecular Hbond substituents is 2. The molecule has 1 heterocycles. The summed E-state index contributed by atoms with van der Waals surface area (Å²) in [6.45, 7) is 3.29. The largest absolute Gasteiger partial charge is 0.508 e. The van der Waals surface area contributed by atoms with Gasteiger partial charge in [-0.1, -0.05) is 25.1 Å². The quantitative estimate of drug-likeness (QED) is 0.909. The van der Waals surface area contributed by atoms with E-state index in [1.165, 1.54) is 0 Å². The number of ether oxygens (including phenoxy) is 1. The first-order valence-electron chi connectivity index (χ1n) is 8.10. The van der Waals surface area contributed by atoms with Gasteiger partial charge < -0.3 is 19.8 Å². The SMILES string of the molecule is CCc1ccc(O)c(C(=O)N2CCOC(c3cccc(O)c3)C2)c1. The van der Waals surface area contributed by atoms with Gasteiger partial charge in [0, 0.05) is 6.54 Å². The summed E-state index contributed by atoms with van der Waals surface area (Å²) in [5, 5.41) is 19.7. The van der Waals surface area contributed by atoms with E-state index in [0.717, 1.165) is 17.5 Å². The Morgan fingerprint density at radius 3 is 2.83 bits per heavy atom. The maximum atomic E-state index is 12.8. The number of benzene rings is 2. The first kappa shape index (κ1) is 16.3. The van der Waals surface area contributed by atoms with Crippen LogP contribution in [0, 0.1) is 0 Å². The Bertz CT molecular complexity index is 744. The van der Waals surface area contributed by atoms with Crippen molar-refractivity contribution in [1.29, 1.82) is 0 Å². The maximum absolute atomic E-state index is 12.8. The van der Waals surface area contributed by atoms with E-state index in [1.807, 2.05) is 19.1 Å². The number of morpholine rings is 1. The van der Waals surface area contributed by atoms with E-state index in [1.54, 1.807) is 35.2 Å². The van der Waals surface area contributed by atoms with Crippen LogP contribution in [0.3, 0.4) is 0 Å². The number of rotatable bonds is 3. The predicted molar refractivity (Wildman–Crippen MR) is 90.2 cm³/mol. The molecule has 1 saturated heterocycles. The molecule has 1 atom stereocenters. The minimum Gasteiger partial charge on any atom is -0.508 e. The Kier molecular flexibility index (Phi) is 4.71. The molecule has 0 saturated carbocycles. The van der Waals surface area contributed by atoms with Crippen LogP contribution in [0.2, 0.25) is 0 Å². The smallest absolute Gasteiger partial charge is 0.257 e.